The van der Waals surface area contributed by atoms with Gasteiger partial charge in [0.1, 0.15) is 11.6 Å². The lowest BCUT2D eigenvalue weighted by Crippen LogP contribution is -2.43. The number of ether oxygens (including phenoxy) is 1. The van der Waals surface area contributed by atoms with E-state index in [9.17, 15) is 22.0 Å². The van der Waals surface area contributed by atoms with Crippen LogP contribution in [0.5, 0.6) is 0 Å². The van der Waals surface area contributed by atoms with Crippen LogP contribution < -0.4 is 5.32 Å². The highest BCUT2D eigenvalue weighted by Crippen LogP contribution is 2.38. The van der Waals surface area contributed by atoms with Crippen LogP contribution in [0, 0.1) is 11.8 Å². The minimum Gasteiger partial charge on any atom is -0.459 e. The highest BCUT2D eigenvalue weighted by atomic mass is 32.2. The molecule has 0 aliphatic carbocycles. The summed E-state index contributed by atoms with van der Waals surface area (Å²) in [6.45, 7) is 6.15. The topological polar surface area (TPSA) is 88.6 Å². The monoisotopic (exact) mass is 453 g/mol. The van der Waals surface area contributed by atoms with Crippen molar-refractivity contribution < 1.29 is 26.7 Å². The van der Waals surface area contributed by atoms with E-state index in [1.807, 2.05) is 0 Å². The molecule has 2 aliphatic heterocycles. The minimum atomic E-state index is -4.06. The standard InChI is InChI=1S/C21H25F2N3O4S/c1-21(2,3)30-20(27)18-15-11-26(10-13(15)8-25-18)31(28,29)16-6-4-5-12-7-24-9-14(17(12)16)19(22)23/h4-7,9,13,15,18-19,25H,8,10-11H2,1-3H3. The van der Waals surface area contributed by atoms with Gasteiger partial charge in [-0.25, -0.2) is 17.2 Å². The lowest BCUT2D eigenvalue weighted by Gasteiger charge is -2.25. The summed E-state index contributed by atoms with van der Waals surface area (Å²) in [5, 5.41) is 3.47. The van der Waals surface area contributed by atoms with Gasteiger partial charge in [0, 0.05) is 54.3 Å². The third-order valence-electron chi connectivity index (χ3n) is 5.77. The number of hydrogen-bond acceptors (Lipinski definition) is 6. The molecule has 4 rings (SSSR count). The van der Waals surface area contributed by atoms with E-state index in [0.29, 0.717) is 11.9 Å². The fourth-order valence-electron chi connectivity index (χ4n) is 4.45. The molecule has 1 aromatic carbocycles. The summed E-state index contributed by atoms with van der Waals surface area (Å²) in [5.74, 6) is -0.704. The molecule has 2 fully saturated rings. The van der Waals surface area contributed by atoms with E-state index in [-0.39, 0.29) is 35.2 Å². The van der Waals surface area contributed by atoms with Crippen molar-refractivity contribution in [2.75, 3.05) is 19.6 Å². The molecule has 0 radical (unpaired) electrons. The fourth-order valence-corrected chi connectivity index (χ4v) is 6.22. The van der Waals surface area contributed by atoms with E-state index in [0.717, 1.165) is 6.20 Å². The quantitative estimate of drug-likeness (QED) is 0.717. The van der Waals surface area contributed by atoms with Crippen molar-refractivity contribution >= 4 is 26.8 Å². The number of rotatable bonds is 4. The van der Waals surface area contributed by atoms with Gasteiger partial charge in [-0.3, -0.25) is 9.78 Å². The third-order valence-corrected chi connectivity index (χ3v) is 7.65. The predicted octanol–water partition coefficient (Wildman–Crippen LogP) is 2.72. The molecule has 168 valence electrons. The maximum Gasteiger partial charge on any atom is 0.324 e. The Kier molecular flexibility index (Phi) is 5.51. The average Bonchev–Trinajstić information content (AvgIpc) is 3.26. The van der Waals surface area contributed by atoms with Crippen LogP contribution in [-0.2, 0) is 19.6 Å². The molecule has 7 nitrogen and oxygen atoms in total. The van der Waals surface area contributed by atoms with E-state index in [1.165, 1.54) is 22.6 Å². The van der Waals surface area contributed by atoms with Gasteiger partial charge in [-0.2, -0.15) is 4.31 Å². The number of nitrogens with one attached hydrogen (secondary N) is 1. The van der Waals surface area contributed by atoms with Crippen molar-refractivity contribution in [2.45, 2.75) is 43.7 Å². The zero-order chi connectivity index (χ0) is 22.6. The first-order valence-electron chi connectivity index (χ1n) is 10.1. The summed E-state index contributed by atoms with van der Waals surface area (Å²) in [7, 11) is -4.06. The molecule has 3 unspecified atom stereocenters. The first kappa shape index (κ1) is 22.0. The fraction of sp³-hybridized carbons (Fsp3) is 0.524. The molecular formula is C21H25F2N3O4S. The largest absolute Gasteiger partial charge is 0.459 e. The normalized spacial score (nSPS) is 24.6. The Morgan fingerprint density at radius 2 is 2.00 bits per heavy atom. The van der Waals surface area contributed by atoms with Crippen LogP contribution in [0.2, 0.25) is 0 Å². The summed E-state index contributed by atoms with van der Waals surface area (Å²) in [4.78, 5) is 16.2. The minimum absolute atomic E-state index is 0.00798. The third kappa shape index (κ3) is 4.04. The van der Waals surface area contributed by atoms with Gasteiger partial charge >= 0.3 is 5.97 Å². The lowest BCUT2D eigenvalue weighted by molar-refractivity contribution is -0.158. The number of hydrogen-bond donors (Lipinski definition) is 1. The van der Waals surface area contributed by atoms with Crippen LogP contribution in [0.4, 0.5) is 8.78 Å². The molecule has 1 N–H and O–H groups in total. The first-order chi connectivity index (χ1) is 14.5. The molecule has 2 aromatic rings. The number of benzene rings is 1. The summed E-state index contributed by atoms with van der Waals surface area (Å²) in [6, 6.07) is 3.83. The molecule has 1 aromatic heterocycles. The molecular weight excluding hydrogens is 428 g/mol. The Morgan fingerprint density at radius 3 is 2.68 bits per heavy atom. The smallest absolute Gasteiger partial charge is 0.324 e. The number of carbonyl (C=O) groups excluding carboxylic acids is 1. The number of pyridine rings is 1. The molecule has 31 heavy (non-hydrogen) atoms. The second-order valence-electron chi connectivity index (χ2n) is 9.05. The average molecular weight is 454 g/mol. The Bertz CT molecular complexity index is 1110. The lowest BCUT2D eigenvalue weighted by atomic mass is 9.94. The van der Waals surface area contributed by atoms with Crippen molar-refractivity contribution in [3.8, 4) is 0 Å². The highest BCUT2D eigenvalue weighted by Gasteiger charge is 2.50. The summed E-state index contributed by atoms with van der Waals surface area (Å²) < 4.78 is 60.9. The van der Waals surface area contributed by atoms with Gasteiger partial charge in [-0.1, -0.05) is 12.1 Å². The van der Waals surface area contributed by atoms with Crippen LogP contribution in [0.1, 0.15) is 32.8 Å². The number of sulfonamides is 1. The maximum atomic E-state index is 13.6. The number of alkyl halides is 2. The molecule has 3 heterocycles. The SMILES string of the molecule is CC(C)(C)OC(=O)C1NCC2CN(S(=O)(=O)c3cccc4cncc(C(F)F)c34)CC21. The first-order valence-corrected chi connectivity index (χ1v) is 11.5. The number of carbonyl (C=O) groups is 1. The van der Waals surface area contributed by atoms with Crippen molar-refractivity contribution in [3.63, 3.8) is 0 Å². The van der Waals surface area contributed by atoms with E-state index in [2.05, 4.69) is 10.3 Å². The molecule has 3 atom stereocenters. The van der Waals surface area contributed by atoms with Crippen molar-refractivity contribution in [1.82, 2.24) is 14.6 Å². The van der Waals surface area contributed by atoms with Gasteiger partial charge in [0.2, 0.25) is 10.0 Å². The van der Waals surface area contributed by atoms with Gasteiger partial charge in [-0.15, -0.1) is 0 Å². The zero-order valence-corrected chi connectivity index (χ0v) is 18.3. The Balaban J connectivity index is 1.66. The van der Waals surface area contributed by atoms with Gasteiger partial charge in [0.15, 0.2) is 0 Å². The highest BCUT2D eigenvalue weighted by molar-refractivity contribution is 7.89. The van der Waals surface area contributed by atoms with E-state index in [1.54, 1.807) is 26.8 Å². The number of halogens is 2. The van der Waals surface area contributed by atoms with Gasteiger partial charge < -0.3 is 10.1 Å². The Morgan fingerprint density at radius 1 is 1.26 bits per heavy atom. The number of aromatic nitrogens is 1. The summed E-state index contributed by atoms with van der Waals surface area (Å²) in [5.41, 5.74) is -1.06. The maximum absolute atomic E-state index is 13.6. The van der Waals surface area contributed by atoms with Gasteiger partial charge in [0.05, 0.1) is 4.90 Å². The van der Waals surface area contributed by atoms with Crippen LogP contribution in [0.15, 0.2) is 35.5 Å². The number of esters is 1. The van der Waals surface area contributed by atoms with Crippen molar-refractivity contribution in [2.24, 2.45) is 11.8 Å². The van der Waals surface area contributed by atoms with Crippen molar-refractivity contribution in [3.05, 3.63) is 36.2 Å². The second kappa shape index (κ2) is 7.75. The number of nitrogens with zero attached hydrogens (tertiary/aromatic N) is 2. The second-order valence-corrected chi connectivity index (χ2v) is 11.0. The number of fused-ring (bicyclic) bond motifs is 2. The zero-order valence-electron chi connectivity index (χ0n) is 17.5. The van der Waals surface area contributed by atoms with Crippen LogP contribution in [0.3, 0.4) is 0 Å². The van der Waals surface area contributed by atoms with Crippen LogP contribution in [0.25, 0.3) is 10.8 Å². The van der Waals surface area contributed by atoms with Crippen LogP contribution in [-0.4, -0.2) is 55.0 Å². The predicted molar refractivity (Wildman–Crippen MR) is 110 cm³/mol. The van der Waals surface area contributed by atoms with E-state index >= 15 is 0 Å². The Hall–Kier alpha value is -2.17. The Labute approximate surface area is 179 Å². The van der Waals surface area contributed by atoms with E-state index in [4.69, 9.17) is 4.74 Å². The summed E-state index contributed by atoms with van der Waals surface area (Å²) in [6.07, 6.45) is -0.472. The van der Waals surface area contributed by atoms with Crippen molar-refractivity contribution in [1.29, 1.82) is 0 Å². The molecule has 0 spiro atoms. The molecule has 2 saturated heterocycles. The molecule has 0 saturated carbocycles. The molecule has 0 bridgehead atoms. The summed E-state index contributed by atoms with van der Waals surface area (Å²) >= 11 is 0. The van der Waals surface area contributed by atoms with Gasteiger partial charge in [0.25, 0.3) is 6.43 Å². The molecule has 2 aliphatic rings. The van der Waals surface area contributed by atoms with Gasteiger partial charge in [-0.05, 0) is 32.8 Å². The molecule has 0 amide bonds. The molecule has 10 heteroatoms. The van der Waals surface area contributed by atoms with E-state index < -0.39 is 39.6 Å². The van der Waals surface area contributed by atoms with Crippen LogP contribution >= 0.6 is 0 Å².